The number of nitrogens with one attached hydrogen (secondary N) is 2. The van der Waals surface area contributed by atoms with Crippen molar-refractivity contribution < 1.29 is 9.53 Å². The number of fused-ring (bicyclic) bond motifs is 1. The minimum atomic E-state index is -0.310. The zero-order valence-electron chi connectivity index (χ0n) is 24.3. The normalized spacial score (nSPS) is 14.8. The van der Waals surface area contributed by atoms with Crippen LogP contribution in [-0.4, -0.2) is 70.9 Å². The summed E-state index contributed by atoms with van der Waals surface area (Å²) in [5, 5.41) is 11.3. The maximum atomic E-state index is 12.8. The van der Waals surface area contributed by atoms with Gasteiger partial charge in [0.1, 0.15) is 5.75 Å². The minimum Gasteiger partial charge on any atom is -0.496 e. The zero-order valence-corrected chi connectivity index (χ0v) is 24.3. The summed E-state index contributed by atoms with van der Waals surface area (Å²) in [6.07, 6.45) is 1.86. The second-order valence-electron chi connectivity index (χ2n) is 11.6. The average Bonchev–Trinajstić information content (AvgIpc) is 3.31. The van der Waals surface area contributed by atoms with E-state index in [9.17, 15) is 4.79 Å². The number of likely N-dealkylation sites (N-methyl/N-ethyl adjacent to an activating group) is 1. The number of aryl methyl sites for hydroxylation is 1. The fourth-order valence-electron chi connectivity index (χ4n) is 4.96. The Kier molecular flexibility index (Phi) is 7.78. The molecule has 4 aromatic rings. The van der Waals surface area contributed by atoms with Crippen LogP contribution in [-0.2, 0) is 19.0 Å². The Balaban J connectivity index is 1.27. The number of piperazine rings is 1. The summed E-state index contributed by atoms with van der Waals surface area (Å²) in [4.78, 5) is 22.4. The Morgan fingerprint density at radius 3 is 2.30 bits per heavy atom. The highest BCUT2D eigenvalue weighted by Crippen LogP contribution is 2.33. The van der Waals surface area contributed by atoms with E-state index in [2.05, 4.69) is 59.4 Å². The molecule has 2 aromatic carbocycles. The molecule has 5 rings (SSSR count). The topological polar surface area (TPSA) is 87.5 Å². The van der Waals surface area contributed by atoms with Crippen molar-refractivity contribution in [3.05, 3.63) is 66.0 Å². The van der Waals surface area contributed by atoms with E-state index in [4.69, 9.17) is 9.72 Å². The van der Waals surface area contributed by atoms with E-state index in [0.717, 1.165) is 71.9 Å². The monoisotopic (exact) mass is 541 g/mol. The molecule has 2 aromatic heterocycles. The number of nitrogens with zero attached hydrogens (tertiary/aromatic N) is 5. The lowest BCUT2D eigenvalue weighted by Gasteiger charge is -2.32. The number of methoxy groups -OCH3 is 1. The number of aromatic nitrogens is 3. The van der Waals surface area contributed by atoms with Crippen molar-refractivity contribution in [2.75, 3.05) is 51.0 Å². The Bertz CT molecular complexity index is 1500. The number of rotatable bonds is 6. The van der Waals surface area contributed by atoms with Crippen LogP contribution in [0.1, 0.15) is 32.0 Å². The van der Waals surface area contributed by atoms with Gasteiger partial charge in [-0.25, -0.2) is 9.78 Å². The van der Waals surface area contributed by atoms with Crippen molar-refractivity contribution in [2.45, 2.75) is 32.7 Å². The van der Waals surface area contributed by atoms with Crippen LogP contribution in [0.4, 0.5) is 16.2 Å². The van der Waals surface area contributed by atoms with E-state index in [0.29, 0.717) is 11.4 Å². The summed E-state index contributed by atoms with van der Waals surface area (Å²) >= 11 is 0. The quantitative estimate of drug-likeness (QED) is 0.343. The SMILES string of the molecule is COc1cc(NC(=O)Nc2ccc(-c3cc(C(C)(C)C)nc4c3cnn4C)cc2)ccc1CN1CCN(C)CC1. The van der Waals surface area contributed by atoms with Gasteiger partial charge >= 0.3 is 6.03 Å². The number of hydrogen-bond acceptors (Lipinski definition) is 6. The molecule has 0 spiro atoms. The molecule has 1 saturated heterocycles. The second-order valence-corrected chi connectivity index (χ2v) is 11.6. The molecule has 210 valence electrons. The third-order valence-corrected chi connectivity index (χ3v) is 7.46. The summed E-state index contributed by atoms with van der Waals surface area (Å²) < 4.78 is 7.45. The first kappa shape index (κ1) is 27.6. The van der Waals surface area contributed by atoms with Gasteiger partial charge in [0.15, 0.2) is 5.65 Å². The van der Waals surface area contributed by atoms with Gasteiger partial charge in [-0.05, 0) is 42.4 Å². The van der Waals surface area contributed by atoms with E-state index >= 15 is 0 Å². The number of carbonyl (C=O) groups is 1. The molecule has 0 unspecified atom stereocenters. The van der Waals surface area contributed by atoms with E-state index in [1.165, 1.54) is 0 Å². The molecule has 0 atom stereocenters. The molecule has 0 saturated carbocycles. The fraction of sp³-hybridized carbons (Fsp3) is 0.387. The Morgan fingerprint density at radius 1 is 0.950 bits per heavy atom. The molecular weight excluding hydrogens is 502 g/mol. The van der Waals surface area contributed by atoms with Gasteiger partial charge in [-0.2, -0.15) is 5.10 Å². The highest BCUT2D eigenvalue weighted by Gasteiger charge is 2.20. The molecule has 1 aliphatic rings. The van der Waals surface area contributed by atoms with Crippen LogP contribution in [0.15, 0.2) is 54.7 Å². The lowest BCUT2D eigenvalue weighted by molar-refractivity contribution is 0.147. The van der Waals surface area contributed by atoms with Gasteiger partial charge in [0.25, 0.3) is 0 Å². The molecule has 1 fully saturated rings. The van der Waals surface area contributed by atoms with Crippen molar-refractivity contribution in [1.82, 2.24) is 24.6 Å². The molecule has 0 aliphatic carbocycles. The maximum Gasteiger partial charge on any atom is 0.323 e. The molecule has 9 heteroatoms. The van der Waals surface area contributed by atoms with Crippen molar-refractivity contribution in [3.8, 4) is 16.9 Å². The molecular formula is C31H39N7O2. The maximum absolute atomic E-state index is 12.8. The molecule has 0 bridgehead atoms. The highest BCUT2D eigenvalue weighted by atomic mass is 16.5. The van der Waals surface area contributed by atoms with E-state index in [1.54, 1.807) is 7.11 Å². The van der Waals surface area contributed by atoms with Crippen LogP contribution in [0.2, 0.25) is 0 Å². The van der Waals surface area contributed by atoms with Gasteiger partial charge in [-0.3, -0.25) is 9.58 Å². The smallest absolute Gasteiger partial charge is 0.323 e. The van der Waals surface area contributed by atoms with Crippen LogP contribution < -0.4 is 15.4 Å². The Labute approximate surface area is 236 Å². The highest BCUT2D eigenvalue weighted by molar-refractivity contribution is 6.00. The standard InChI is InChI=1S/C31H39N7O2/c1-31(2,3)28-18-25(26-19-32-37(5)29(26)35-28)21-7-10-23(11-8-21)33-30(39)34-24-12-9-22(27(17-24)40-6)20-38-15-13-36(4)14-16-38/h7-12,17-19H,13-16,20H2,1-6H3,(H2,33,34,39). The first-order valence-corrected chi connectivity index (χ1v) is 13.7. The van der Waals surface area contributed by atoms with Crippen molar-refractivity contribution in [3.63, 3.8) is 0 Å². The predicted molar refractivity (Wildman–Crippen MR) is 161 cm³/mol. The molecule has 40 heavy (non-hydrogen) atoms. The third kappa shape index (κ3) is 6.11. The average molecular weight is 542 g/mol. The summed E-state index contributed by atoms with van der Waals surface area (Å²) in [5.41, 5.74) is 6.37. The van der Waals surface area contributed by atoms with Gasteiger partial charge in [0, 0.05) is 79.3 Å². The lowest BCUT2D eigenvalue weighted by atomic mass is 9.89. The second kappa shape index (κ2) is 11.3. The summed E-state index contributed by atoms with van der Waals surface area (Å²) in [6, 6.07) is 15.5. The zero-order chi connectivity index (χ0) is 28.4. The van der Waals surface area contributed by atoms with Gasteiger partial charge in [0.05, 0.1) is 13.3 Å². The number of benzene rings is 2. The van der Waals surface area contributed by atoms with Gasteiger partial charge < -0.3 is 20.3 Å². The van der Waals surface area contributed by atoms with E-state index in [-0.39, 0.29) is 11.4 Å². The number of ether oxygens (including phenoxy) is 1. The van der Waals surface area contributed by atoms with Crippen LogP contribution in [0, 0.1) is 0 Å². The van der Waals surface area contributed by atoms with Crippen molar-refractivity contribution in [2.24, 2.45) is 7.05 Å². The summed E-state index contributed by atoms with van der Waals surface area (Å²) in [7, 11) is 5.73. The number of pyridine rings is 1. The summed E-state index contributed by atoms with van der Waals surface area (Å²) in [6.45, 7) is 11.5. The number of anilines is 2. The van der Waals surface area contributed by atoms with Crippen LogP contribution in [0.3, 0.4) is 0 Å². The predicted octanol–water partition coefficient (Wildman–Crippen LogP) is 5.33. The fourth-order valence-corrected chi connectivity index (χ4v) is 4.96. The largest absolute Gasteiger partial charge is 0.496 e. The molecule has 0 radical (unpaired) electrons. The van der Waals surface area contributed by atoms with Crippen LogP contribution >= 0.6 is 0 Å². The van der Waals surface area contributed by atoms with Crippen LogP contribution in [0.25, 0.3) is 22.2 Å². The third-order valence-electron chi connectivity index (χ3n) is 7.46. The van der Waals surface area contributed by atoms with E-state index in [1.807, 2.05) is 60.4 Å². The van der Waals surface area contributed by atoms with Gasteiger partial charge in [-0.15, -0.1) is 0 Å². The van der Waals surface area contributed by atoms with Crippen molar-refractivity contribution >= 4 is 28.4 Å². The van der Waals surface area contributed by atoms with Crippen LogP contribution in [0.5, 0.6) is 5.75 Å². The van der Waals surface area contributed by atoms with E-state index < -0.39 is 0 Å². The lowest BCUT2D eigenvalue weighted by Crippen LogP contribution is -2.43. The molecule has 2 N–H and O–H groups in total. The Morgan fingerprint density at radius 2 is 1.62 bits per heavy atom. The minimum absolute atomic E-state index is 0.0990. The molecule has 2 amide bonds. The Hall–Kier alpha value is -3.95. The number of urea groups is 1. The molecule has 3 heterocycles. The first-order valence-electron chi connectivity index (χ1n) is 13.7. The number of amides is 2. The van der Waals surface area contributed by atoms with Gasteiger partial charge in [0.2, 0.25) is 0 Å². The molecule has 1 aliphatic heterocycles. The molecule has 9 nitrogen and oxygen atoms in total. The van der Waals surface area contributed by atoms with Crippen molar-refractivity contribution in [1.29, 1.82) is 0 Å². The number of hydrogen-bond donors (Lipinski definition) is 2. The van der Waals surface area contributed by atoms with Gasteiger partial charge in [-0.1, -0.05) is 39.0 Å². The first-order chi connectivity index (χ1) is 19.1. The number of carbonyl (C=O) groups excluding carboxylic acids is 1. The summed E-state index contributed by atoms with van der Waals surface area (Å²) in [5.74, 6) is 0.773.